The Labute approximate surface area is 151 Å². The zero-order chi connectivity index (χ0) is 17.5. The Morgan fingerprint density at radius 3 is 2.58 bits per heavy atom. The van der Waals surface area contributed by atoms with Gasteiger partial charge >= 0.3 is 0 Å². The highest BCUT2D eigenvalue weighted by Gasteiger charge is 2.09. The van der Waals surface area contributed by atoms with Crippen LogP contribution in [0.1, 0.15) is 15.9 Å². The Bertz CT molecular complexity index is 734. The van der Waals surface area contributed by atoms with Gasteiger partial charge in [0.05, 0.1) is 5.75 Å². The van der Waals surface area contributed by atoms with Gasteiger partial charge in [0.25, 0.3) is 5.91 Å². The lowest BCUT2D eigenvalue weighted by Gasteiger charge is -2.11. The molecule has 0 aromatic heterocycles. The highest BCUT2D eigenvalue weighted by molar-refractivity contribution is 7.99. The Balaban J connectivity index is 1.86. The van der Waals surface area contributed by atoms with Crippen molar-refractivity contribution in [1.82, 2.24) is 4.90 Å². The number of thioether (sulfide) groups is 1. The van der Waals surface area contributed by atoms with Crippen molar-refractivity contribution in [3.8, 4) is 0 Å². The summed E-state index contributed by atoms with van der Waals surface area (Å²) in [4.78, 5) is 25.5. The van der Waals surface area contributed by atoms with Crippen LogP contribution in [-0.4, -0.2) is 36.6 Å². The highest BCUT2D eigenvalue weighted by atomic mass is 35.5. The van der Waals surface area contributed by atoms with Crippen LogP contribution in [0.4, 0.5) is 5.69 Å². The zero-order valence-corrected chi connectivity index (χ0v) is 15.2. The number of nitrogens with zero attached hydrogens (tertiary/aromatic N) is 1. The van der Waals surface area contributed by atoms with Gasteiger partial charge in [0.1, 0.15) is 0 Å². The van der Waals surface area contributed by atoms with Crippen LogP contribution in [0.3, 0.4) is 0 Å². The minimum absolute atomic E-state index is 0.0959. The topological polar surface area (TPSA) is 49.4 Å². The van der Waals surface area contributed by atoms with Gasteiger partial charge in [-0.1, -0.05) is 29.8 Å². The van der Waals surface area contributed by atoms with Crippen molar-refractivity contribution in [3.05, 3.63) is 64.7 Å². The summed E-state index contributed by atoms with van der Waals surface area (Å²) in [5, 5.41) is 3.51. The van der Waals surface area contributed by atoms with Crippen molar-refractivity contribution >= 4 is 40.9 Å². The minimum atomic E-state index is -0.100. The van der Waals surface area contributed by atoms with E-state index in [-0.39, 0.29) is 11.8 Å². The van der Waals surface area contributed by atoms with Crippen LogP contribution in [0.25, 0.3) is 0 Å². The van der Waals surface area contributed by atoms with E-state index in [9.17, 15) is 9.59 Å². The molecule has 0 saturated heterocycles. The Kier molecular flexibility index (Phi) is 6.70. The van der Waals surface area contributed by atoms with E-state index in [0.717, 1.165) is 5.56 Å². The minimum Gasteiger partial charge on any atom is -0.345 e. The maximum Gasteiger partial charge on any atom is 0.253 e. The predicted molar refractivity (Wildman–Crippen MR) is 101 cm³/mol. The maximum absolute atomic E-state index is 12.0. The van der Waals surface area contributed by atoms with Crippen molar-refractivity contribution in [2.45, 2.75) is 5.75 Å². The van der Waals surface area contributed by atoms with Crippen LogP contribution in [0.2, 0.25) is 5.02 Å². The summed E-state index contributed by atoms with van der Waals surface area (Å²) >= 11 is 7.45. The van der Waals surface area contributed by atoms with Gasteiger partial charge in [-0.05, 0) is 35.9 Å². The molecule has 2 rings (SSSR count). The molecule has 6 heteroatoms. The lowest BCUT2D eigenvalue weighted by Crippen LogP contribution is -2.22. The van der Waals surface area contributed by atoms with Crippen LogP contribution < -0.4 is 5.32 Å². The molecule has 2 aromatic rings. The van der Waals surface area contributed by atoms with Crippen LogP contribution in [-0.2, 0) is 10.5 Å². The zero-order valence-electron chi connectivity index (χ0n) is 13.6. The number of nitrogens with one attached hydrogen (secondary N) is 1. The molecule has 0 aliphatic heterocycles. The average molecular weight is 363 g/mol. The molecular formula is C18H19ClN2O2S. The third kappa shape index (κ3) is 5.58. The van der Waals surface area contributed by atoms with E-state index in [2.05, 4.69) is 5.32 Å². The van der Waals surface area contributed by atoms with Gasteiger partial charge in [0.15, 0.2) is 0 Å². The first kappa shape index (κ1) is 18.4. The summed E-state index contributed by atoms with van der Waals surface area (Å²) in [6, 6.07) is 14.5. The van der Waals surface area contributed by atoms with E-state index in [1.54, 1.807) is 38.4 Å². The van der Waals surface area contributed by atoms with Gasteiger partial charge in [-0.3, -0.25) is 9.59 Å². The van der Waals surface area contributed by atoms with Crippen LogP contribution >= 0.6 is 23.4 Å². The second-order valence-corrected chi connectivity index (χ2v) is 6.87. The fourth-order valence-corrected chi connectivity index (χ4v) is 3.06. The fourth-order valence-electron chi connectivity index (χ4n) is 2.07. The molecule has 0 bridgehead atoms. The van der Waals surface area contributed by atoms with E-state index in [0.29, 0.717) is 27.8 Å². The third-order valence-electron chi connectivity index (χ3n) is 3.19. The first-order valence-electron chi connectivity index (χ1n) is 7.39. The van der Waals surface area contributed by atoms with E-state index >= 15 is 0 Å². The second kappa shape index (κ2) is 8.76. The summed E-state index contributed by atoms with van der Waals surface area (Å²) in [5.41, 5.74) is 2.25. The van der Waals surface area contributed by atoms with Gasteiger partial charge in [0, 0.05) is 36.1 Å². The molecule has 0 saturated carbocycles. The molecule has 24 heavy (non-hydrogen) atoms. The van der Waals surface area contributed by atoms with Gasteiger partial charge in [-0.15, -0.1) is 11.8 Å². The smallest absolute Gasteiger partial charge is 0.253 e. The van der Waals surface area contributed by atoms with Gasteiger partial charge < -0.3 is 10.2 Å². The lowest BCUT2D eigenvalue weighted by atomic mass is 10.2. The Hall–Kier alpha value is -1.98. The molecule has 0 fully saturated rings. The molecule has 0 unspecified atom stereocenters. The number of rotatable bonds is 6. The van der Waals surface area contributed by atoms with Crippen molar-refractivity contribution in [2.75, 3.05) is 25.2 Å². The largest absolute Gasteiger partial charge is 0.345 e. The van der Waals surface area contributed by atoms with Gasteiger partial charge in [-0.25, -0.2) is 0 Å². The van der Waals surface area contributed by atoms with Crippen molar-refractivity contribution in [1.29, 1.82) is 0 Å². The quantitative estimate of drug-likeness (QED) is 0.847. The number of hydrogen-bond donors (Lipinski definition) is 1. The number of anilines is 1. The summed E-state index contributed by atoms with van der Waals surface area (Å²) in [5.74, 6) is 0.851. The number of halogens is 1. The van der Waals surface area contributed by atoms with Crippen molar-refractivity contribution in [2.24, 2.45) is 0 Å². The summed E-state index contributed by atoms with van der Waals surface area (Å²) < 4.78 is 0. The Morgan fingerprint density at radius 2 is 1.88 bits per heavy atom. The monoisotopic (exact) mass is 362 g/mol. The van der Waals surface area contributed by atoms with Crippen LogP contribution in [0, 0.1) is 0 Å². The first-order chi connectivity index (χ1) is 11.5. The third-order valence-corrected chi connectivity index (χ3v) is 4.43. The predicted octanol–water partition coefficient (Wildman–Crippen LogP) is 3.91. The number of carbonyl (C=O) groups excluding carboxylic acids is 2. The second-order valence-electron chi connectivity index (χ2n) is 5.45. The Morgan fingerprint density at radius 1 is 1.12 bits per heavy atom. The first-order valence-corrected chi connectivity index (χ1v) is 8.93. The summed E-state index contributed by atoms with van der Waals surface area (Å²) in [7, 11) is 3.39. The van der Waals surface area contributed by atoms with E-state index in [1.807, 2.05) is 24.3 Å². The molecule has 126 valence electrons. The molecule has 0 aliphatic carbocycles. The van der Waals surface area contributed by atoms with E-state index in [4.69, 9.17) is 11.6 Å². The SMILES string of the molecule is CN(C)C(=O)c1cccc(NC(=O)CSCc2cccc(Cl)c2)c1. The number of carbonyl (C=O) groups is 2. The molecule has 1 N–H and O–H groups in total. The maximum atomic E-state index is 12.0. The lowest BCUT2D eigenvalue weighted by molar-refractivity contribution is -0.113. The standard InChI is InChI=1S/C18H19ClN2O2S/c1-21(2)18(23)14-6-4-8-16(10-14)20-17(22)12-24-11-13-5-3-7-15(19)9-13/h3-10H,11-12H2,1-2H3,(H,20,22). The number of amides is 2. The molecule has 2 aromatic carbocycles. The number of benzene rings is 2. The summed E-state index contributed by atoms with van der Waals surface area (Å²) in [6.07, 6.45) is 0. The molecule has 0 aliphatic rings. The molecule has 0 atom stereocenters. The van der Waals surface area contributed by atoms with Crippen LogP contribution in [0.5, 0.6) is 0 Å². The van der Waals surface area contributed by atoms with Crippen LogP contribution in [0.15, 0.2) is 48.5 Å². The molecule has 0 spiro atoms. The van der Waals surface area contributed by atoms with Crippen molar-refractivity contribution < 1.29 is 9.59 Å². The molecule has 0 heterocycles. The molecule has 2 amide bonds. The molecule has 0 radical (unpaired) electrons. The molecule has 4 nitrogen and oxygen atoms in total. The average Bonchev–Trinajstić information content (AvgIpc) is 2.54. The summed E-state index contributed by atoms with van der Waals surface area (Å²) in [6.45, 7) is 0. The normalized spacial score (nSPS) is 10.3. The highest BCUT2D eigenvalue weighted by Crippen LogP contribution is 2.17. The van der Waals surface area contributed by atoms with E-state index < -0.39 is 0 Å². The molecular weight excluding hydrogens is 344 g/mol. The van der Waals surface area contributed by atoms with E-state index in [1.165, 1.54) is 16.7 Å². The number of hydrogen-bond acceptors (Lipinski definition) is 3. The van der Waals surface area contributed by atoms with Gasteiger partial charge in [0.2, 0.25) is 5.91 Å². The van der Waals surface area contributed by atoms with Crippen molar-refractivity contribution in [3.63, 3.8) is 0 Å². The fraction of sp³-hybridized carbons (Fsp3) is 0.222. The van der Waals surface area contributed by atoms with Gasteiger partial charge in [-0.2, -0.15) is 0 Å².